The summed E-state index contributed by atoms with van der Waals surface area (Å²) in [5.74, 6) is 2.50. The first-order valence-corrected chi connectivity index (χ1v) is 10.8. The van der Waals surface area contributed by atoms with Crippen LogP contribution in [0.4, 0.5) is 5.82 Å². The van der Waals surface area contributed by atoms with Crippen LogP contribution in [0.2, 0.25) is 0 Å². The number of anilines is 1. The molecule has 0 bridgehead atoms. The molecule has 0 unspecified atom stereocenters. The van der Waals surface area contributed by atoms with Gasteiger partial charge in [-0.15, -0.1) is 0 Å². The molecule has 1 aromatic carbocycles. The van der Waals surface area contributed by atoms with Crippen LogP contribution in [0, 0.1) is 13.8 Å². The smallest absolute Gasteiger partial charge is 0.165 e. The molecule has 2 aliphatic heterocycles. The average molecular weight is 421 g/mol. The van der Waals surface area contributed by atoms with E-state index in [0.29, 0.717) is 0 Å². The molecular weight excluding hydrogens is 392 g/mol. The minimum Gasteiger partial charge on any atom is -0.493 e. The lowest BCUT2D eigenvalue weighted by molar-refractivity contribution is -0.0768. The largest absolute Gasteiger partial charge is 0.493 e. The maximum absolute atomic E-state index is 6.45. The fraction of sp³-hybridized carbons (Fsp3) is 0.458. The molecule has 162 valence electrons. The van der Waals surface area contributed by atoms with Gasteiger partial charge in [-0.1, -0.05) is 0 Å². The highest BCUT2D eigenvalue weighted by Gasteiger charge is 2.42. The van der Waals surface area contributed by atoms with Crippen molar-refractivity contribution >= 4 is 16.9 Å². The van der Waals surface area contributed by atoms with E-state index in [1.807, 2.05) is 6.92 Å². The molecule has 0 radical (unpaired) electrons. The van der Waals surface area contributed by atoms with Gasteiger partial charge in [-0.3, -0.25) is 0 Å². The fourth-order valence-electron chi connectivity index (χ4n) is 5.11. The van der Waals surface area contributed by atoms with Gasteiger partial charge in [-0.25, -0.2) is 15.0 Å². The Balaban J connectivity index is 1.48. The predicted molar refractivity (Wildman–Crippen MR) is 119 cm³/mol. The topological polar surface area (TPSA) is 69.6 Å². The Labute approximate surface area is 182 Å². The Morgan fingerprint density at radius 1 is 1.00 bits per heavy atom. The van der Waals surface area contributed by atoms with E-state index in [1.165, 1.54) is 11.1 Å². The van der Waals surface area contributed by atoms with Crippen LogP contribution in [-0.4, -0.2) is 48.9 Å². The number of rotatable bonds is 3. The van der Waals surface area contributed by atoms with Gasteiger partial charge in [0.2, 0.25) is 0 Å². The van der Waals surface area contributed by atoms with Gasteiger partial charge < -0.3 is 19.1 Å². The molecule has 2 aliphatic rings. The van der Waals surface area contributed by atoms with Crippen molar-refractivity contribution in [3.8, 4) is 11.5 Å². The lowest BCUT2D eigenvalue weighted by atomic mass is 9.79. The van der Waals surface area contributed by atoms with Crippen molar-refractivity contribution in [2.24, 2.45) is 0 Å². The van der Waals surface area contributed by atoms with E-state index in [0.717, 1.165) is 78.6 Å². The minimum absolute atomic E-state index is 0.295. The third-order valence-corrected chi connectivity index (χ3v) is 6.63. The van der Waals surface area contributed by atoms with Crippen LogP contribution < -0.4 is 14.4 Å². The lowest BCUT2D eigenvalue weighted by Gasteiger charge is -2.45. The number of piperidine rings is 1. The SMILES string of the molecule is COc1cc2c(cc1OC)C1(CCN(c3ncnc4nc(C)cc(C)c34)CC1)OCC2. The van der Waals surface area contributed by atoms with Gasteiger partial charge in [-0.05, 0) is 68.0 Å². The normalized spacial score (nSPS) is 17.6. The van der Waals surface area contributed by atoms with Crippen LogP contribution in [-0.2, 0) is 16.8 Å². The zero-order valence-corrected chi connectivity index (χ0v) is 18.6. The minimum atomic E-state index is -0.295. The maximum atomic E-state index is 6.45. The number of hydrogen-bond donors (Lipinski definition) is 0. The molecule has 0 saturated carbocycles. The molecule has 3 aromatic rings. The molecule has 0 amide bonds. The summed E-state index contributed by atoms with van der Waals surface area (Å²) in [6.07, 6.45) is 4.29. The molecule has 1 spiro atoms. The van der Waals surface area contributed by atoms with Crippen molar-refractivity contribution in [1.29, 1.82) is 0 Å². The van der Waals surface area contributed by atoms with Crippen LogP contribution in [0.25, 0.3) is 11.0 Å². The quantitative estimate of drug-likeness (QED) is 0.639. The fourth-order valence-corrected chi connectivity index (χ4v) is 5.11. The number of methoxy groups -OCH3 is 2. The number of aromatic nitrogens is 3. The van der Waals surface area contributed by atoms with Crippen LogP contribution in [0.15, 0.2) is 24.5 Å². The lowest BCUT2D eigenvalue weighted by Crippen LogP contribution is -2.47. The van der Waals surface area contributed by atoms with E-state index in [1.54, 1.807) is 20.5 Å². The van der Waals surface area contributed by atoms with Gasteiger partial charge in [0, 0.05) is 18.8 Å². The van der Waals surface area contributed by atoms with Gasteiger partial charge in [0.25, 0.3) is 0 Å². The van der Waals surface area contributed by atoms with Crippen LogP contribution in [0.3, 0.4) is 0 Å². The zero-order chi connectivity index (χ0) is 21.6. The van der Waals surface area contributed by atoms with Crippen molar-refractivity contribution in [3.05, 3.63) is 46.9 Å². The number of pyridine rings is 1. The number of fused-ring (bicyclic) bond motifs is 3. The van der Waals surface area contributed by atoms with Crippen molar-refractivity contribution in [2.75, 3.05) is 38.8 Å². The van der Waals surface area contributed by atoms with E-state index in [9.17, 15) is 0 Å². The standard InChI is InChI=1S/C24H28N4O3/c1-15-11-16(2)27-22-21(15)23(26-14-25-22)28-8-6-24(7-9-28)18-13-20(30-4)19(29-3)12-17(18)5-10-31-24/h11-14H,5-10H2,1-4H3. The number of ether oxygens (including phenoxy) is 3. The summed E-state index contributed by atoms with van der Waals surface area (Å²) in [7, 11) is 3.36. The number of nitrogens with zero attached hydrogens (tertiary/aromatic N) is 4. The molecule has 4 heterocycles. The first kappa shape index (κ1) is 20.0. The Kier molecular flexibility index (Phi) is 4.93. The molecule has 1 saturated heterocycles. The molecule has 7 nitrogen and oxygen atoms in total. The Hall–Kier alpha value is -2.93. The molecule has 2 aromatic heterocycles. The molecule has 5 rings (SSSR count). The van der Waals surface area contributed by atoms with Gasteiger partial charge in [0.05, 0.1) is 31.8 Å². The Morgan fingerprint density at radius 2 is 1.74 bits per heavy atom. The molecular formula is C24H28N4O3. The summed E-state index contributed by atoms with van der Waals surface area (Å²) in [5.41, 5.74) is 5.13. The summed E-state index contributed by atoms with van der Waals surface area (Å²) in [6.45, 7) is 6.54. The molecule has 0 aliphatic carbocycles. The predicted octanol–water partition coefficient (Wildman–Crippen LogP) is 3.73. The summed E-state index contributed by atoms with van der Waals surface area (Å²) < 4.78 is 17.6. The van der Waals surface area contributed by atoms with Crippen LogP contribution >= 0.6 is 0 Å². The maximum Gasteiger partial charge on any atom is 0.165 e. The van der Waals surface area contributed by atoms with Crippen LogP contribution in [0.1, 0.15) is 35.2 Å². The number of hydrogen-bond acceptors (Lipinski definition) is 7. The summed E-state index contributed by atoms with van der Waals surface area (Å²) >= 11 is 0. The van der Waals surface area contributed by atoms with E-state index < -0.39 is 0 Å². The first-order valence-electron chi connectivity index (χ1n) is 10.8. The number of aryl methyl sites for hydroxylation is 2. The molecule has 7 heteroatoms. The van der Waals surface area contributed by atoms with Gasteiger partial charge in [-0.2, -0.15) is 0 Å². The van der Waals surface area contributed by atoms with Crippen molar-refractivity contribution in [1.82, 2.24) is 15.0 Å². The number of benzene rings is 1. The van der Waals surface area contributed by atoms with E-state index in [-0.39, 0.29) is 5.60 Å². The highest BCUT2D eigenvalue weighted by molar-refractivity contribution is 5.90. The van der Waals surface area contributed by atoms with E-state index >= 15 is 0 Å². The zero-order valence-electron chi connectivity index (χ0n) is 18.6. The van der Waals surface area contributed by atoms with E-state index in [4.69, 9.17) is 14.2 Å². The molecule has 31 heavy (non-hydrogen) atoms. The van der Waals surface area contributed by atoms with Gasteiger partial charge >= 0.3 is 0 Å². The second kappa shape index (κ2) is 7.64. The van der Waals surface area contributed by atoms with Crippen LogP contribution in [0.5, 0.6) is 11.5 Å². The second-order valence-corrected chi connectivity index (χ2v) is 8.42. The van der Waals surface area contributed by atoms with Crippen molar-refractivity contribution in [3.63, 3.8) is 0 Å². The third-order valence-electron chi connectivity index (χ3n) is 6.63. The molecule has 0 atom stereocenters. The van der Waals surface area contributed by atoms with Crippen molar-refractivity contribution < 1.29 is 14.2 Å². The Bertz CT molecular complexity index is 1140. The van der Waals surface area contributed by atoms with Gasteiger partial charge in [0.1, 0.15) is 12.1 Å². The summed E-state index contributed by atoms with van der Waals surface area (Å²) in [6, 6.07) is 6.32. The summed E-state index contributed by atoms with van der Waals surface area (Å²) in [5, 5.41) is 1.04. The highest BCUT2D eigenvalue weighted by atomic mass is 16.5. The Morgan fingerprint density at radius 3 is 2.48 bits per heavy atom. The molecule has 1 fully saturated rings. The van der Waals surface area contributed by atoms with E-state index in [2.05, 4.69) is 45.0 Å². The summed E-state index contributed by atoms with van der Waals surface area (Å²) in [4.78, 5) is 16.0. The first-order chi connectivity index (χ1) is 15.0. The monoisotopic (exact) mass is 420 g/mol. The van der Waals surface area contributed by atoms with Crippen molar-refractivity contribution in [2.45, 2.75) is 38.7 Å². The highest BCUT2D eigenvalue weighted by Crippen LogP contribution is 2.46. The second-order valence-electron chi connectivity index (χ2n) is 8.42. The molecule has 0 N–H and O–H groups in total. The third kappa shape index (κ3) is 3.28. The average Bonchev–Trinajstić information content (AvgIpc) is 2.78. The van der Waals surface area contributed by atoms with Gasteiger partial charge in [0.15, 0.2) is 17.1 Å².